The van der Waals surface area contributed by atoms with Crippen LogP contribution in [0.5, 0.6) is 0 Å². The van der Waals surface area contributed by atoms with Gasteiger partial charge in [0.15, 0.2) is 0 Å². The van der Waals surface area contributed by atoms with Crippen LogP contribution in [-0.2, 0) is 4.79 Å². The average Bonchev–Trinajstić information content (AvgIpc) is 1.93. The van der Waals surface area contributed by atoms with Crippen molar-refractivity contribution in [3.63, 3.8) is 0 Å². The van der Waals surface area contributed by atoms with Crippen LogP contribution in [0.4, 0.5) is 0 Å². The maximum atomic E-state index is 11.6. The van der Waals surface area contributed by atoms with E-state index >= 15 is 0 Å². The second kappa shape index (κ2) is 9.64. The van der Waals surface area contributed by atoms with Crippen molar-refractivity contribution in [2.24, 2.45) is 5.41 Å². The van der Waals surface area contributed by atoms with E-state index in [1.54, 1.807) is 0 Å². The molecule has 0 rings (SSSR count). The molecule has 0 saturated heterocycles. The number of carbonyl (C=O) groups excluding carboxylic acids is 1. The van der Waals surface area contributed by atoms with Gasteiger partial charge < -0.3 is 5.32 Å². The quantitative estimate of drug-likeness (QED) is 0.731. The van der Waals surface area contributed by atoms with Gasteiger partial charge in [-0.05, 0) is 33.7 Å². The average molecular weight is 247 g/mol. The Morgan fingerprint density at radius 2 is 1.35 bits per heavy atom. The van der Waals surface area contributed by atoms with E-state index in [2.05, 4.69) is 26.1 Å². The summed E-state index contributed by atoms with van der Waals surface area (Å²) in [5.41, 5.74) is -0.0213. The number of hydrogen-bond acceptors (Lipinski definition) is 2. The van der Waals surface area contributed by atoms with Gasteiger partial charge in [0.25, 0.3) is 0 Å². The molecule has 2 nitrogen and oxygen atoms in total. The van der Waals surface area contributed by atoms with Crippen molar-refractivity contribution in [3.05, 3.63) is 0 Å². The molecule has 0 aromatic heterocycles. The topological polar surface area (TPSA) is 29.1 Å². The molecular formula is C15H37NO. The van der Waals surface area contributed by atoms with Crippen molar-refractivity contribution < 1.29 is 4.79 Å². The summed E-state index contributed by atoms with van der Waals surface area (Å²) in [5, 5.41) is 3.38. The van der Waals surface area contributed by atoms with Gasteiger partial charge in [-0.15, -0.1) is 0 Å². The third-order valence-corrected chi connectivity index (χ3v) is 2.07. The van der Waals surface area contributed by atoms with Gasteiger partial charge in [-0.25, -0.2) is 0 Å². The Balaban J connectivity index is -0.000000282. The number of Topliss-reactive ketones (excluding diaryl/α,β-unsaturated/α-hetero) is 1. The molecule has 108 valence electrons. The first-order valence-corrected chi connectivity index (χ1v) is 5.41. The van der Waals surface area contributed by atoms with Crippen LogP contribution in [-0.4, -0.2) is 17.9 Å². The Kier molecular flexibility index (Phi) is 14.4. The minimum atomic E-state index is -0.179. The summed E-state index contributed by atoms with van der Waals surface area (Å²) in [5.74, 6) is 0.355. The largest absolute Gasteiger partial charge is 0.312 e. The van der Waals surface area contributed by atoms with Crippen LogP contribution in [0.1, 0.15) is 76.7 Å². The highest BCUT2D eigenvalue weighted by Crippen LogP contribution is 2.17. The van der Waals surface area contributed by atoms with Crippen molar-refractivity contribution in [2.45, 2.75) is 82.2 Å². The lowest BCUT2D eigenvalue weighted by Crippen LogP contribution is -2.36. The summed E-state index contributed by atoms with van der Waals surface area (Å²) in [6.07, 6.45) is 1.62. The third-order valence-electron chi connectivity index (χ3n) is 2.07. The Hall–Kier alpha value is -0.370. The van der Waals surface area contributed by atoms with Crippen LogP contribution in [0.15, 0.2) is 0 Å². The predicted molar refractivity (Wildman–Crippen MR) is 81.6 cm³/mol. The molecule has 0 spiro atoms. The number of ketones is 1. The van der Waals surface area contributed by atoms with Crippen molar-refractivity contribution in [3.8, 4) is 0 Å². The molecule has 1 N–H and O–H groups in total. The van der Waals surface area contributed by atoms with Gasteiger partial charge >= 0.3 is 0 Å². The van der Waals surface area contributed by atoms with E-state index in [0.29, 0.717) is 12.2 Å². The fourth-order valence-electron chi connectivity index (χ4n) is 1.09. The summed E-state index contributed by atoms with van der Waals surface area (Å²) in [6.45, 7) is 13.3. The fraction of sp³-hybridized carbons (Fsp3) is 0.933. The number of rotatable bonds is 4. The summed E-state index contributed by atoms with van der Waals surface area (Å²) >= 11 is 0. The van der Waals surface area contributed by atoms with Crippen molar-refractivity contribution in [2.75, 3.05) is 6.54 Å². The van der Waals surface area contributed by atoms with Crippen LogP contribution in [0.3, 0.4) is 0 Å². The molecule has 0 fully saturated rings. The Morgan fingerprint density at radius 3 is 1.65 bits per heavy atom. The molecular weight excluding hydrogens is 210 g/mol. The Labute approximate surface area is 111 Å². The molecule has 17 heavy (non-hydrogen) atoms. The lowest BCUT2D eigenvalue weighted by atomic mass is 9.88. The van der Waals surface area contributed by atoms with Gasteiger partial charge in [0, 0.05) is 17.4 Å². The minimum Gasteiger partial charge on any atom is -0.312 e. The van der Waals surface area contributed by atoms with Gasteiger partial charge in [-0.2, -0.15) is 0 Å². The van der Waals surface area contributed by atoms with Crippen molar-refractivity contribution in [1.29, 1.82) is 0 Å². The minimum absolute atomic E-state index is 0. The number of hydrogen-bond donors (Lipinski definition) is 1. The van der Waals surface area contributed by atoms with Gasteiger partial charge in [0.1, 0.15) is 5.78 Å². The molecule has 0 atom stereocenters. The van der Waals surface area contributed by atoms with Gasteiger partial charge in [-0.3, -0.25) is 4.79 Å². The molecule has 2 heteroatoms. The maximum absolute atomic E-state index is 11.6. The summed E-state index contributed by atoms with van der Waals surface area (Å²) in [6, 6.07) is 0. The molecule has 0 aliphatic rings. The zero-order chi connectivity index (χ0) is 11.4. The zero-order valence-corrected chi connectivity index (χ0v) is 10.5. The molecule has 0 saturated carbocycles. The normalized spacial score (nSPS) is 10.7. The second-order valence-corrected chi connectivity index (χ2v) is 5.95. The Bertz CT molecular complexity index is 184. The summed E-state index contributed by atoms with van der Waals surface area (Å²) in [7, 11) is 0. The smallest absolute Gasteiger partial charge is 0.138 e. The number of carbonyl (C=O) groups is 1. The van der Waals surface area contributed by atoms with Gasteiger partial charge in [0.05, 0.1) is 0 Å². The standard InChI is InChI=1S/C12H25NO.3CH4/c1-11(2,3)10(14)8-7-9-13-12(4,5)6;;;/h13H,7-9H2,1-6H3;3*1H4. The van der Waals surface area contributed by atoms with Crippen LogP contribution >= 0.6 is 0 Å². The molecule has 0 radical (unpaired) electrons. The monoisotopic (exact) mass is 247 g/mol. The molecule has 0 aliphatic carbocycles. The van der Waals surface area contributed by atoms with Crippen LogP contribution in [0.25, 0.3) is 0 Å². The maximum Gasteiger partial charge on any atom is 0.138 e. The van der Waals surface area contributed by atoms with Crippen LogP contribution < -0.4 is 5.32 Å². The van der Waals surface area contributed by atoms with Gasteiger partial charge in [0.2, 0.25) is 0 Å². The highest BCUT2D eigenvalue weighted by Gasteiger charge is 2.20. The molecule has 0 aliphatic heterocycles. The predicted octanol–water partition coefficient (Wildman–Crippen LogP) is 4.68. The van der Waals surface area contributed by atoms with E-state index in [1.165, 1.54) is 0 Å². The molecule has 0 aromatic rings. The van der Waals surface area contributed by atoms with E-state index < -0.39 is 0 Å². The number of nitrogens with one attached hydrogen (secondary N) is 1. The van der Waals surface area contributed by atoms with E-state index in [4.69, 9.17) is 0 Å². The summed E-state index contributed by atoms with van der Waals surface area (Å²) < 4.78 is 0. The first kappa shape index (κ1) is 25.5. The SMILES string of the molecule is C.C.C.CC(C)(C)NCCCC(=O)C(C)(C)C. The van der Waals surface area contributed by atoms with E-state index in [-0.39, 0.29) is 33.2 Å². The van der Waals surface area contributed by atoms with Crippen LogP contribution in [0, 0.1) is 5.41 Å². The van der Waals surface area contributed by atoms with Crippen LogP contribution in [0.2, 0.25) is 0 Å². The Morgan fingerprint density at radius 1 is 0.941 bits per heavy atom. The highest BCUT2D eigenvalue weighted by molar-refractivity contribution is 5.83. The molecule has 0 unspecified atom stereocenters. The lowest BCUT2D eigenvalue weighted by Gasteiger charge is -2.21. The first-order valence-electron chi connectivity index (χ1n) is 5.41. The summed E-state index contributed by atoms with van der Waals surface area (Å²) in [4.78, 5) is 11.6. The van der Waals surface area contributed by atoms with E-state index in [9.17, 15) is 4.79 Å². The molecule has 0 heterocycles. The second-order valence-electron chi connectivity index (χ2n) is 5.95. The fourth-order valence-corrected chi connectivity index (χ4v) is 1.09. The molecule has 0 amide bonds. The van der Waals surface area contributed by atoms with Gasteiger partial charge in [-0.1, -0.05) is 43.1 Å². The molecule has 0 aromatic carbocycles. The van der Waals surface area contributed by atoms with Crippen molar-refractivity contribution >= 4 is 5.78 Å². The van der Waals surface area contributed by atoms with E-state index in [0.717, 1.165) is 13.0 Å². The van der Waals surface area contributed by atoms with Crippen molar-refractivity contribution in [1.82, 2.24) is 5.32 Å². The molecule has 0 bridgehead atoms. The first-order chi connectivity index (χ1) is 6.13. The lowest BCUT2D eigenvalue weighted by molar-refractivity contribution is -0.126. The zero-order valence-electron chi connectivity index (χ0n) is 10.5. The third kappa shape index (κ3) is 15.6. The highest BCUT2D eigenvalue weighted by atomic mass is 16.1. The van der Waals surface area contributed by atoms with E-state index in [1.807, 2.05) is 20.8 Å².